The van der Waals surface area contributed by atoms with Gasteiger partial charge in [-0.1, -0.05) is 40.2 Å². The summed E-state index contributed by atoms with van der Waals surface area (Å²) in [5.74, 6) is -0.149. The highest BCUT2D eigenvalue weighted by molar-refractivity contribution is 14.1. The summed E-state index contributed by atoms with van der Waals surface area (Å²) in [7, 11) is 0. The number of amides is 1. The molecule has 0 saturated heterocycles. The molecule has 0 saturated carbocycles. The van der Waals surface area contributed by atoms with Gasteiger partial charge in [-0.15, -0.1) is 0 Å². The number of hydrogen-bond acceptors (Lipinski definition) is 3. The van der Waals surface area contributed by atoms with Crippen molar-refractivity contribution < 1.29 is 4.79 Å². The summed E-state index contributed by atoms with van der Waals surface area (Å²) >= 11 is 5.82. The first-order valence-electron chi connectivity index (χ1n) is 9.62. The van der Waals surface area contributed by atoms with Crippen LogP contribution in [0.25, 0.3) is 11.0 Å². The Hall–Kier alpha value is -2.72. The minimum absolute atomic E-state index is 0.149. The third kappa shape index (κ3) is 3.97. The Morgan fingerprint density at radius 1 is 0.968 bits per heavy atom. The number of fused-ring (bicyclic) bond motifs is 2. The highest BCUT2D eigenvalue weighted by Gasteiger charge is 2.27. The second-order valence-corrected chi connectivity index (χ2v) is 9.41. The standard InChI is InChI=1S/C23H16BrIN4O2/c24-16-4-2-1-3-12(16)9-20-22(30)27-17-8-6-14(25)11-15(17)21(26-20)13-5-7-18-19(10-13)29-23(31)28-18/h1-8,10-11,20H,9H2,(H,27,30)(H2,28,29,31). The van der Waals surface area contributed by atoms with Crippen molar-refractivity contribution in [3.63, 3.8) is 0 Å². The number of benzene rings is 3. The number of aromatic amines is 2. The molecule has 5 rings (SSSR count). The molecule has 2 heterocycles. The van der Waals surface area contributed by atoms with Crippen molar-refractivity contribution in [1.29, 1.82) is 0 Å². The van der Waals surface area contributed by atoms with Gasteiger partial charge in [-0.3, -0.25) is 9.79 Å². The zero-order valence-electron chi connectivity index (χ0n) is 16.1. The van der Waals surface area contributed by atoms with Crippen LogP contribution in [0.1, 0.15) is 16.7 Å². The minimum Gasteiger partial charge on any atom is -0.324 e. The van der Waals surface area contributed by atoms with Gasteiger partial charge in [0.1, 0.15) is 6.04 Å². The fraction of sp³-hybridized carbons (Fsp3) is 0.0870. The number of rotatable bonds is 3. The topological polar surface area (TPSA) is 90.1 Å². The van der Waals surface area contributed by atoms with Gasteiger partial charge in [0, 0.05) is 25.6 Å². The zero-order chi connectivity index (χ0) is 21.5. The van der Waals surface area contributed by atoms with Crippen molar-refractivity contribution in [2.24, 2.45) is 4.99 Å². The van der Waals surface area contributed by atoms with E-state index in [1.165, 1.54) is 0 Å². The van der Waals surface area contributed by atoms with E-state index in [1.54, 1.807) is 0 Å². The van der Waals surface area contributed by atoms with Crippen molar-refractivity contribution in [2.75, 3.05) is 5.32 Å². The van der Waals surface area contributed by atoms with Crippen LogP contribution >= 0.6 is 38.5 Å². The molecule has 1 unspecified atom stereocenters. The minimum atomic E-state index is -0.597. The average molecular weight is 587 g/mol. The molecule has 8 heteroatoms. The zero-order valence-corrected chi connectivity index (χ0v) is 19.8. The van der Waals surface area contributed by atoms with Gasteiger partial charge in [-0.25, -0.2) is 4.79 Å². The number of imidazole rings is 1. The van der Waals surface area contributed by atoms with Crippen LogP contribution in [0, 0.1) is 3.57 Å². The van der Waals surface area contributed by atoms with Gasteiger partial charge in [-0.2, -0.15) is 0 Å². The predicted octanol–water partition coefficient (Wildman–Crippen LogP) is 4.62. The first-order valence-corrected chi connectivity index (χ1v) is 11.5. The van der Waals surface area contributed by atoms with Gasteiger partial charge in [-0.05, 0) is 64.6 Å². The van der Waals surface area contributed by atoms with Crippen molar-refractivity contribution in [1.82, 2.24) is 9.97 Å². The van der Waals surface area contributed by atoms with Crippen LogP contribution in [0.3, 0.4) is 0 Å². The first kappa shape index (κ1) is 20.2. The molecule has 154 valence electrons. The lowest BCUT2D eigenvalue weighted by Gasteiger charge is -2.12. The second kappa shape index (κ2) is 8.08. The fourth-order valence-corrected chi connectivity index (χ4v) is 4.68. The summed E-state index contributed by atoms with van der Waals surface area (Å²) in [5, 5.41) is 3.04. The van der Waals surface area contributed by atoms with E-state index in [2.05, 4.69) is 53.8 Å². The molecule has 3 aromatic carbocycles. The quantitative estimate of drug-likeness (QED) is 0.306. The molecule has 6 nitrogen and oxygen atoms in total. The third-order valence-corrected chi connectivity index (χ3v) is 6.69. The molecule has 3 N–H and O–H groups in total. The van der Waals surface area contributed by atoms with E-state index < -0.39 is 6.04 Å². The highest BCUT2D eigenvalue weighted by atomic mass is 127. The molecule has 1 aromatic heterocycles. The lowest BCUT2D eigenvalue weighted by atomic mass is 10.00. The molecule has 0 fully saturated rings. The van der Waals surface area contributed by atoms with Crippen LogP contribution in [0.15, 0.2) is 74.9 Å². The van der Waals surface area contributed by atoms with Gasteiger partial charge in [0.15, 0.2) is 0 Å². The normalized spacial score (nSPS) is 15.9. The SMILES string of the molecule is O=C1Nc2ccc(I)cc2C(c2ccc3[nH]c(=O)[nH]c3c2)=NC1Cc1ccccc1Br. The molecule has 0 spiro atoms. The summed E-state index contributed by atoms with van der Waals surface area (Å²) in [6.07, 6.45) is 0.463. The lowest BCUT2D eigenvalue weighted by Crippen LogP contribution is -2.27. The van der Waals surface area contributed by atoms with Gasteiger partial charge in [0.05, 0.1) is 22.4 Å². The monoisotopic (exact) mass is 586 g/mol. The van der Waals surface area contributed by atoms with Gasteiger partial charge in [0.25, 0.3) is 0 Å². The number of nitrogens with zero attached hydrogens (tertiary/aromatic N) is 1. The van der Waals surface area contributed by atoms with Crippen LogP contribution in [0.4, 0.5) is 5.69 Å². The molecule has 31 heavy (non-hydrogen) atoms. The Labute approximate surface area is 199 Å². The van der Waals surface area contributed by atoms with E-state index in [0.29, 0.717) is 17.6 Å². The van der Waals surface area contributed by atoms with Crippen LogP contribution in [0.2, 0.25) is 0 Å². The number of anilines is 1. The number of aliphatic imine (C=N–C) groups is 1. The van der Waals surface area contributed by atoms with Crippen LogP contribution in [0.5, 0.6) is 0 Å². The van der Waals surface area contributed by atoms with Crippen LogP contribution < -0.4 is 11.0 Å². The number of halogens is 2. The number of benzodiazepines with no additional fused rings is 1. The Balaban J connectivity index is 1.67. The molecule has 0 aliphatic carbocycles. The van der Waals surface area contributed by atoms with Crippen molar-refractivity contribution in [2.45, 2.75) is 12.5 Å². The molecule has 1 amide bonds. The van der Waals surface area contributed by atoms with Gasteiger partial charge < -0.3 is 15.3 Å². The van der Waals surface area contributed by atoms with Crippen LogP contribution in [-0.4, -0.2) is 27.6 Å². The Morgan fingerprint density at radius 2 is 1.77 bits per heavy atom. The van der Waals surface area contributed by atoms with Crippen molar-refractivity contribution in [3.8, 4) is 0 Å². The highest BCUT2D eigenvalue weighted by Crippen LogP contribution is 2.28. The van der Waals surface area contributed by atoms with E-state index in [1.807, 2.05) is 60.7 Å². The summed E-state index contributed by atoms with van der Waals surface area (Å²) in [6.45, 7) is 0. The number of hydrogen-bond donors (Lipinski definition) is 3. The Morgan fingerprint density at radius 3 is 2.61 bits per heavy atom. The summed E-state index contributed by atoms with van der Waals surface area (Å²) < 4.78 is 1.99. The molecule has 0 radical (unpaired) electrons. The Bertz CT molecular complexity index is 1420. The van der Waals surface area contributed by atoms with E-state index in [4.69, 9.17) is 4.99 Å². The molecule has 1 aliphatic heterocycles. The molecule has 1 aliphatic rings. The summed E-state index contributed by atoms with van der Waals surface area (Å²) in [4.78, 5) is 35.3. The number of carbonyl (C=O) groups excluding carboxylic acids is 1. The van der Waals surface area contributed by atoms with E-state index in [-0.39, 0.29) is 11.6 Å². The molecular formula is C23H16BrIN4O2. The maximum atomic E-state index is 13.1. The van der Waals surface area contributed by atoms with E-state index in [0.717, 1.165) is 35.9 Å². The first-order chi connectivity index (χ1) is 15.0. The van der Waals surface area contributed by atoms with E-state index >= 15 is 0 Å². The largest absolute Gasteiger partial charge is 0.324 e. The van der Waals surface area contributed by atoms with Crippen LogP contribution in [-0.2, 0) is 11.2 Å². The predicted molar refractivity (Wildman–Crippen MR) is 134 cm³/mol. The second-order valence-electron chi connectivity index (χ2n) is 7.31. The fourth-order valence-electron chi connectivity index (χ4n) is 3.74. The number of aromatic nitrogens is 2. The number of carbonyl (C=O) groups is 1. The number of nitrogens with one attached hydrogen (secondary N) is 3. The van der Waals surface area contributed by atoms with Crippen molar-refractivity contribution >= 4 is 66.9 Å². The number of H-pyrrole nitrogens is 2. The molecule has 1 atom stereocenters. The molecule has 4 aromatic rings. The molecular weight excluding hydrogens is 571 g/mol. The van der Waals surface area contributed by atoms with Crippen molar-refractivity contribution in [3.05, 3.63) is 95.9 Å². The maximum absolute atomic E-state index is 13.1. The average Bonchev–Trinajstić information content (AvgIpc) is 3.06. The summed E-state index contributed by atoms with van der Waals surface area (Å²) in [6, 6.07) is 18.8. The smallest absolute Gasteiger partial charge is 0.323 e. The molecule has 0 bridgehead atoms. The maximum Gasteiger partial charge on any atom is 0.323 e. The lowest BCUT2D eigenvalue weighted by molar-refractivity contribution is -0.117. The third-order valence-electron chi connectivity index (χ3n) is 5.24. The van der Waals surface area contributed by atoms with Gasteiger partial charge in [0.2, 0.25) is 5.91 Å². The Kier molecular flexibility index (Phi) is 5.27. The summed E-state index contributed by atoms with van der Waals surface area (Å²) in [5.41, 5.74) is 5.30. The van der Waals surface area contributed by atoms with Gasteiger partial charge >= 0.3 is 5.69 Å². The van der Waals surface area contributed by atoms with E-state index in [9.17, 15) is 9.59 Å².